The topological polar surface area (TPSA) is 92.5 Å². The van der Waals surface area contributed by atoms with Gasteiger partial charge in [-0.1, -0.05) is 6.08 Å². The number of hydrogen-bond acceptors (Lipinski definition) is 4. The molecule has 1 aliphatic rings. The summed E-state index contributed by atoms with van der Waals surface area (Å²) in [5.41, 5.74) is 4.11. The van der Waals surface area contributed by atoms with Crippen LogP contribution in [0.15, 0.2) is 12.7 Å². The molecule has 88 valence electrons. The van der Waals surface area contributed by atoms with Gasteiger partial charge in [-0.05, 0) is 19.9 Å². The van der Waals surface area contributed by atoms with Gasteiger partial charge in [-0.15, -0.1) is 6.58 Å². The van der Waals surface area contributed by atoms with E-state index in [-0.39, 0.29) is 19.5 Å². The Bertz CT molecular complexity index is 353. The molecule has 1 saturated heterocycles. The quantitative estimate of drug-likeness (QED) is 0.503. The van der Waals surface area contributed by atoms with Crippen molar-refractivity contribution in [2.45, 2.75) is 13.3 Å². The van der Waals surface area contributed by atoms with Crippen LogP contribution in [0.5, 0.6) is 0 Å². The Kier molecular flexibility index (Phi) is 3.44. The third-order valence-electron chi connectivity index (χ3n) is 2.64. The SMILES string of the molecule is C=CCN1C(=O)NC(=O)C(C)(CCN)C1=O. The van der Waals surface area contributed by atoms with Crippen molar-refractivity contribution in [3.63, 3.8) is 0 Å². The number of imide groups is 2. The minimum absolute atomic E-state index is 0.0815. The van der Waals surface area contributed by atoms with Crippen LogP contribution in [-0.4, -0.2) is 35.8 Å². The fourth-order valence-corrected chi connectivity index (χ4v) is 1.59. The van der Waals surface area contributed by atoms with Crippen LogP contribution in [0.25, 0.3) is 0 Å². The molecule has 0 spiro atoms. The summed E-state index contributed by atoms with van der Waals surface area (Å²) in [6, 6.07) is -0.704. The largest absolute Gasteiger partial charge is 0.331 e. The van der Waals surface area contributed by atoms with Gasteiger partial charge in [0, 0.05) is 6.54 Å². The first-order valence-electron chi connectivity index (χ1n) is 4.95. The lowest BCUT2D eigenvalue weighted by atomic mass is 9.82. The summed E-state index contributed by atoms with van der Waals surface area (Å²) in [4.78, 5) is 36.0. The minimum Gasteiger partial charge on any atom is -0.330 e. The molecule has 1 aliphatic heterocycles. The Morgan fingerprint density at radius 2 is 2.12 bits per heavy atom. The normalized spacial score (nSPS) is 25.6. The smallest absolute Gasteiger partial charge is 0.330 e. The van der Waals surface area contributed by atoms with Crippen LogP contribution in [-0.2, 0) is 9.59 Å². The van der Waals surface area contributed by atoms with E-state index in [1.165, 1.54) is 13.0 Å². The lowest BCUT2D eigenvalue weighted by molar-refractivity contribution is -0.150. The van der Waals surface area contributed by atoms with Gasteiger partial charge in [-0.2, -0.15) is 0 Å². The first-order valence-corrected chi connectivity index (χ1v) is 4.95. The molecule has 1 fully saturated rings. The third-order valence-corrected chi connectivity index (χ3v) is 2.64. The summed E-state index contributed by atoms with van der Waals surface area (Å²) in [5, 5.41) is 2.14. The molecule has 16 heavy (non-hydrogen) atoms. The van der Waals surface area contributed by atoms with Gasteiger partial charge in [-0.3, -0.25) is 19.8 Å². The number of nitrogens with two attached hydrogens (primary N) is 1. The molecular formula is C10H15N3O3. The van der Waals surface area contributed by atoms with Gasteiger partial charge in [0.25, 0.3) is 0 Å². The van der Waals surface area contributed by atoms with Crippen LogP contribution in [0.3, 0.4) is 0 Å². The van der Waals surface area contributed by atoms with Crippen LogP contribution in [0, 0.1) is 5.41 Å². The van der Waals surface area contributed by atoms with Gasteiger partial charge in [0.2, 0.25) is 11.8 Å². The Hall–Kier alpha value is -1.69. The number of nitrogens with one attached hydrogen (secondary N) is 1. The number of nitrogens with zero attached hydrogens (tertiary/aromatic N) is 1. The number of barbiturate groups is 1. The standard InChI is InChI=1S/C10H15N3O3/c1-3-6-13-8(15)10(2,4-5-11)7(14)12-9(13)16/h3H,1,4-6,11H2,2H3,(H,12,14,16). The lowest BCUT2D eigenvalue weighted by Crippen LogP contribution is -2.63. The highest BCUT2D eigenvalue weighted by Gasteiger charge is 2.49. The van der Waals surface area contributed by atoms with Crippen molar-refractivity contribution in [1.82, 2.24) is 10.2 Å². The van der Waals surface area contributed by atoms with E-state index in [1.807, 2.05) is 0 Å². The zero-order valence-corrected chi connectivity index (χ0v) is 9.16. The molecule has 6 nitrogen and oxygen atoms in total. The monoisotopic (exact) mass is 225 g/mol. The second-order valence-electron chi connectivity index (χ2n) is 3.83. The van der Waals surface area contributed by atoms with Gasteiger partial charge in [-0.25, -0.2) is 4.79 Å². The van der Waals surface area contributed by atoms with E-state index in [9.17, 15) is 14.4 Å². The van der Waals surface area contributed by atoms with Crippen molar-refractivity contribution in [2.75, 3.05) is 13.1 Å². The zero-order valence-electron chi connectivity index (χ0n) is 9.16. The minimum atomic E-state index is -1.26. The molecule has 4 amide bonds. The number of hydrogen-bond donors (Lipinski definition) is 2. The van der Waals surface area contributed by atoms with E-state index in [4.69, 9.17) is 5.73 Å². The van der Waals surface area contributed by atoms with E-state index in [0.717, 1.165) is 4.90 Å². The Morgan fingerprint density at radius 3 is 2.62 bits per heavy atom. The summed E-state index contributed by atoms with van der Waals surface area (Å²) in [6.45, 7) is 5.22. The summed E-state index contributed by atoms with van der Waals surface area (Å²) in [5.74, 6) is -1.11. The maximum Gasteiger partial charge on any atom is 0.331 e. The molecule has 3 N–H and O–H groups in total. The van der Waals surface area contributed by atoms with Gasteiger partial charge in [0.1, 0.15) is 5.41 Å². The van der Waals surface area contributed by atoms with Crippen molar-refractivity contribution in [3.05, 3.63) is 12.7 Å². The third kappa shape index (κ3) is 1.83. The highest BCUT2D eigenvalue weighted by molar-refractivity contribution is 6.18. The highest BCUT2D eigenvalue weighted by Crippen LogP contribution is 2.27. The number of carbonyl (C=O) groups excluding carboxylic acids is 3. The van der Waals surface area contributed by atoms with Crippen LogP contribution in [0.2, 0.25) is 0 Å². The van der Waals surface area contributed by atoms with Gasteiger partial charge < -0.3 is 5.73 Å². The number of urea groups is 1. The van der Waals surface area contributed by atoms with E-state index < -0.39 is 23.3 Å². The predicted octanol–water partition coefficient (Wildman–Crippen LogP) is -0.394. The average Bonchev–Trinajstić information content (AvgIpc) is 2.23. The molecule has 0 aromatic rings. The second kappa shape index (κ2) is 4.44. The summed E-state index contributed by atoms with van der Waals surface area (Å²) in [7, 11) is 0. The van der Waals surface area contributed by atoms with Crippen LogP contribution < -0.4 is 11.1 Å². The summed E-state index contributed by atoms with van der Waals surface area (Å²) < 4.78 is 0. The second-order valence-corrected chi connectivity index (χ2v) is 3.83. The van der Waals surface area contributed by atoms with Crippen molar-refractivity contribution >= 4 is 17.8 Å². The molecule has 0 bridgehead atoms. The molecule has 6 heteroatoms. The summed E-state index contributed by atoms with van der Waals surface area (Å²) in [6.07, 6.45) is 1.63. The first kappa shape index (κ1) is 12.4. The van der Waals surface area contributed by atoms with Gasteiger partial charge in [0.15, 0.2) is 0 Å². The predicted molar refractivity (Wildman–Crippen MR) is 57.2 cm³/mol. The maximum atomic E-state index is 12.0. The van der Waals surface area contributed by atoms with Crippen LogP contribution in [0.1, 0.15) is 13.3 Å². The number of rotatable bonds is 4. The molecule has 0 aliphatic carbocycles. The maximum absolute atomic E-state index is 12.0. The molecule has 1 atom stereocenters. The van der Waals surface area contributed by atoms with E-state index >= 15 is 0 Å². The number of amides is 4. The average molecular weight is 225 g/mol. The molecular weight excluding hydrogens is 210 g/mol. The van der Waals surface area contributed by atoms with Crippen molar-refractivity contribution in [3.8, 4) is 0 Å². The van der Waals surface area contributed by atoms with E-state index in [1.54, 1.807) is 0 Å². The van der Waals surface area contributed by atoms with Crippen LogP contribution in [0.4, 0.5) is 4.79 Å². The fraction of sp³-hybridized carbons (Fsp3) is 0.500. The molecule has 0 saturated carbocycles. The molecule has 1 rings (SSSR count). The van der Waals surface area contributed by atoms with Crippen molar-refractivity contribution in [2.24, 2.45) is 11.1 Å². The van der Waals surface area contributed by atoms with Gasteiger partial charge >= 0.3 is 6.03 Å². The summed E-state index contributed by atoms with van der Waals surface area (Å²) >= 11 is 0. The molecule has 1 unspecified atom stereocenters. The Labute approximate surface area is 93.5 Å². The van der Waals surface area contributed by atoms with Crippen molar-refractivity contribution < 1.29 is 14.4 Å². The zero-order chi connectivity index (χ0) is 12.3. The lowest BCUT2D eigenvalue weighted by Gasteiger charge is -2.36. The molecule has 0 aromatic heterocycles. The molecule has 0 aromatic carbocycles. The number of carbonyl (C=O) groups is 3. The fourth-order valence-electron chi connectivity index (χ4n) is 1.59. The van der Waals surface area contributed by atoms with Gasteiger partial charge in [0.05, 0.1) is 0 Å². The van der Waals surface area contributed by atoms with E-state index in [0.29, 0.717) is 0 Å². The molecule has 1 heterocycles. The van der Waals surface area contributed by atoms with Crippen LogP contribution >= 0.6 is 0 Å². The Balaban J connectivity index is 3.02. The first-order chi connectivity index (χ1) is 7.47. The highest BCUT2D eigenvalue weighted by atomic mass is 16.2. The van der Waals surface area contributed by atoms with Crippen molar-refractivity contribution in [1.29, 1.82) is 0 Å². The van der Waals surface area contributed by atoms with E-state index in [2.05, 4.69) is 11.9 Å². The molecule has 0 radical (unpaired) electrons. The Morgan fingerprint density at radius 1 is 1.50 bits per heavy atom.